The smallest absolute Gasteiger partial charge is 0.328 e. The maximum atomic E-state index is 12.7. The molecule has 1 atom stereocenters. The van der Waals surface area contributed by atoms with Crippen molar-refractivity contribution in [2.75, 3.05) is 0 Å². The van der Waals surface area contributed by atoms with Crippen molar-refractivity contribution in [3.8, 4) is 0 Å². The Morgan fingerprint density at radius 3 is 2.50 bits per heavy atom. The quantitative estimate of drug-likeness (QED) is 0.872. The molecule has 0 saturated heterocycles. The van der Waals surface area contributed by atoms with E-state index in [0.29, 0.717) is 6.42 Å². The molecule has 0 radical (unpaired) electrons. The first kappa shape index (κ1) is 13.3. The molecule has 1 nitrogen and oxygen atoms in total. The van der Waals surface area contributed by atoms with E-state index in [0.717, 1.165) is 6.07 Å². The van der Waals surface area contributed by atoms with Crippen LogP contribution in [0, 0.1) is 0 Å². The van der Waals surface area contributed by atoms with E-state index in [4.69, 9.17) is 17.3 Å². The molecule has 1 rings (SSSR count). The molecule has 0 aliphatic rings. The minimum absolute atomic E-state index is 0.133. The third-order valence-corrected chi connectivity index (χ3v) is 2.63. The molecule has 2 N–H and O–H groups in total. The first-order valence-electron chi connectivity index (χ1n) is 4.92. The van der Waals surface area contributed by atoms with E-state index in [2.05, 4.69) is 0 Å². The maximum Gasteiger partial charge on any atom is 0.416 e. The zero-order chi connectivity index (χ0) is 12.3. The molecule has 0 aliphatic carbocycles. The Balaban J connectivity index is 3.04. The lowest BCUT2D eigenvalue weighted by atomic mass is 10.0. The van der Waals surface area contributed by atoms with Crippen molar-refractivity contribution in [1.29, 1.82) is 0 Å². The van der Waals surface area contributed by atoms with Gasteiger partial charge in [0.2, 0.25) is 0 Å². The zero-order valence-electron chi connectivity index (χ0n) is 8.81. The number of benzene rings is 1. The molecule has 0 saturated carbocycles. The fraction of sp³-hybridized carbons (Fsp3) is 0.455. The van der Waals surface area contributed by atoms with Crippen LogP contribution in [0.4, 0.5) is 13.2 Å². The van der Waals surface area contributed by atoms with Crippen molar-refractivity contribution in [3.05, 3.63) is 34.3 Å². The van der Waals surface area contributed by atoms with Gasteiger partial charge in [-0.2, -0.15) is 13.2 Å². The number of halogens is 4. The van der Waals surface area contributed by atoms with E-state index in [1.54, 1.807) is 6.92 Å². The van der Waals surface area contributed by atoms with Crippen LogP contribution in [-0.2, 0) is 12.6 Å². The summed E-state index contributed by atoms with van der Waals surface area (Å²) >= 11 is 5.78. The van der Waals surface area contributed by atoms with Crippen molar-refractivity contribution in [2.45, 2.75) is 32.0 Å². The van der Waals surface area contributed by atoms with Gasteiger partial charge in [-0.15, -0.1) is 0 Å². The highest BCUT2D eigenvalue weighted by atomic mass is 35.5. The van der Waals surface area contributed by atoms with E-state index in [9.17, 15) is 13.2 Å². The van der Waals surface area contributed by atoms with Crippen LogP contribution in [0.15, 0.2) is 18.2 Å². The molecule has 0 fully saturated rings. The van der Waals surface area contributed by atoms with Gasteiger partial charge in [0.15, 0.2) is 0 Å². The second-order valence-corrected chi connectivity index (χ2v) is 4.19. The second kappa shape index (κ2) is 5.06. The topological polar surface area (TPSA) is 26.0 Å². The van der Waals surface area contributed by atoms with Crippen LogP contribution in [0.1, 0.15) is 24.5 Å². The van der Waals surface area contributed by atoms with Gasteiger partial charge in [-0.25, -0.2) is 0 Å². The maximum absolute atomic E-state index is 12.7. The molecule has 0 spiro atoms. The van der Waals surface area contributed by atoms with Gasteiger partial charge in [0.25, 0.3) is 0 Å². The third kappa shape index (κ3) is 3.39. The summed E-state index contributed by atoms with van der Waals surface area (Å²) in [5.41, 5.74) is 4.99. The summed E-state index contributed by atoms with van der Waals surface area (Å²) in [6, 6.07) is 3.67. The van der Waals surface area contributed by atoms with Gasteiger partial charge in [0, 0.05) is 11.1 Å². The van der Waals surface area contributed by atoms with Crippen LogP contribution in [-0.4, -0.2) is 6.04 Å². The number of nitrogens with two attached hydrogens (primary N) is 1. The third-order valence-electron chi connectivity index (χ3n) is 2.27. The van der Waals surface area contributed by atoms with E-state index < -0.39 is 11.7 Å². The molecular weight excluding hydrogens is 239 g/mol. The monoisotopic (exact) mass is 251 g/mol. The van der Waals surface area contributed by atoms with Gasteiger partial charge in [0.1, 0.15) is 0 Å². The van der Waals surface area contributed by atoms with Gasteiger partial charge in [0.05, 0.1) is 5.56 Å². The summed E-state index contributed by atoms with van der Waals surface area (Å²) in [6.45, 7) is 1.75. The minimum atomic E-state index is -4.36. The second-order valence-electron chi connectivity index (χ2n) is 3.78. The lowest BCUT2D eigenvalue weighted by Gasteiger charge is -2.15. The van der Waals surface area contributed by atoms with Crippen LogP contribution < -0.4 is 5.73 Å². The number of hydrogen-bond acceptors (Lipinski definition) is 1. The van der Waals surface area contributed by atoms with Crippen LogP contribution >= 0.6 is 11.6 Å². The minimum Gasteiger partial charge on any atom is -0.328 e. The van der Waals surface area contributed by atoms with Crippen LogP contribution in [0.25, 0.3) is 0 Å². The molecule has 16 heavy (non-hydrogen) atoms. The van der Waals surface area contributed by atoms with E-state index >= 15 is 0 Å². The summed E-state index contributed by atoms with van der Waals surface area (Å²) in [4.78, 5) is 0. The Bertz CT molecular complexity index is 361. The molecule has 1 aromatic carbocycles. The summed E-state index contributed by atoms with van der Waals surface area (Å²) < 4.78 is 38.0. The Hall–Kier alpha value is -0.740. The summed E-state index contributed by atoms with van der Waals surface area (Å²) in [7, 11) is 0. The van der Waals surface area contributed by atoms with Crippen molar-refractivity contribution in [3.63, 3.8) is 0 Å². The molecule has 90 valence electrons. The Labute approximate surface area is 97.4 Å². The summed E-state index contributed by atoms with van der Waals surface area (Å²) in [6.07, 6.45) is -3.64. The Morgan fingerprint density at radius 1 is 1.38 bits per heavy atom. The number of hydrogen-bond donors (Lipinski definition) is 1. The van der Waals surface area contributed by atoms with E-state index in [-0.39, 0.29) is 23.0 Å². The molecule has 0 heterocycles. The molecule has 1 aromatic rings. The summed E-state index contributed by atoms with van der Waals surface area (Å²) in [5.74, 6) is 0. The highest BCUT2D eigenvalue weighted by molar-refractivity contribution is 6.31. The van der Waals surface area contributed by atoms with Crippen LogP contribution in [0.3, 0.4) is 0 Å². The van der Waals surface area contributed by atoms with Gasteiger partial charge in [-0.05, 0) is 37.5 Å². The first-order valence-corrected chi connectivity index (χ1v) is 5.30. The van der Waals surface area contributed by atoms with Crippen molar-refractivity contribution in [1.82, 2.24) is 0 Å². The lowest BCUT2D eigenvalue weighted by molar-refractivity contribution is -0.138. The van der Waals surface area contributed by atoms with Crippen molar-refractivity contribution in [2.24, 2.45) is 5.73 Å². The molecule has 0 aromatic heterocycles. The van der Waals surface area contributed by atoms with Gasteiger partial charge >= 0.3 is 6.18 Å². The molecular formula is C11H13ClF3N. The normalized spacial score (nSPS) is 13.9. The standard InChI is InChI=1S/C11H13ClF3N/c1-7(16)5-6-8-9(11(13,14)15)3-2-4-10(8)12/h2-4,7H,5-6,16H2,1H3/t7-/m1/s1. The van der Waals surface area contributed by atoms with Gasteiger partial charge < -0.3 is 5.73 Å². The fourth-order valence-corrected chi connectivity index (χ4v) is 1.72. The largest absolute Gasteiger partial charge is 0.416 e. The zero-order valence-corrected chi connectivity index (χ0v) is 9.57. The number of alkyl halides is 3. The molecule has 0 aliphatic heterocycles. The molecule has 0 unspecified atom stereocenters. The van der Waals surface area contributed by atoms with E-state index in [1.165, 1.54) is 12.1 Å². The SMILES string of the molecule is C[C@@H](N)CCc1c(Cl)cccc1C(F)(F)F. The van der Waals surface area contributed by atoms with Gasteiger partial charge in [-0.1, -0.05) is 17.7 Å². The Morgan fingerprint density at radius 2 is 2.00 bits per heavy atom. The predicted octanol–water partition coefficient (Wildman–Crippen LogP) is 3.64. The number of rotatable bonds is 3. The van der Waals surface area contributed by atoms with E-state index in [1.807, 2.05) is 0 Å². The summed E-state index contributed by atoms with van der Waals surface area (Å²) in [5, 5.41) is 0.149. The fourth-order valence-electron chi connectivity index (χ4n) is 1.45. The van der Waals surface area contributed by atoms with Crippen LogP contribution in [0.2, 0.25) is 5.02 Å². The average molecular weight is 252 g/mol. The van der Waals surface area contributed by atoms with Crippen LogP contribution in [0.5, 0.6) is 0 Å². The van der Waals surface area contributed by atoms with Crippen molar-refractivity contribution >= 4 is 11.6 Å². The molecule has 5 heteroatoms. The lowest BCUT2D eigenvalue weighted by Crippen LogP contribution is -2.17. The average Bonchev–Trinajstić information content (AvgIpc) is 2.13. The first-order chi connectivity index (χ1) is 7.32. The molecule has 0 bridgehead atoms. The van der Waals surface area contributed by atoms with Gasteiger partial charge in [-0.3, -0.25) is 0 Å². The Kier molecular flexibility index (Phi) is 4.21. The molecule has 0 amide bonds. The highest BCUT2D eigenvalue weighted by Gasteiger charge is 2.33. The highest BCUT2D eigenvalue weighted by Crippen LogP contribution is 2.35. The van der Waals surface area contributed by atoms with Crippen molar-refractivity contribution < 1.29 is 13.2 Å². The predicted molar refractivity (Wildman–Crippen MR) is 58.4 cm³/mol.